The fourth-order valence-corrected chi connectivity index (χ4v) is 4.35. The Kier molecular flexibility index (Phi) is 3.21. The highest BCUT2D eigenvalue weighted by atomic mass is 15.2. The van der Waals surface area contributed by atoms with Crippen LogP contribution < -0.4 is 5.32 Å². The molecule has 1 saturated carbocycles. The molecule has 1 N–H and O–H groups in total. The SMILES string of the molecule is CC1CNCCC1N1CCC2CCCCC21. The van der Waals surface area contributed by atoms with Crippen LogP contribution in [0.2, 0.25) is 0 Å². The van der Waals surface area contributed by atoms with Crippen molar-refractivity contribution in [2.24, 2.45) is 11.8 Å². The van der Waals surface area contributed by atoms with Crippen molar-refractivity contribution in [3.8, 4) is 0 Å². The molecule has 0 radical (unpaired) electrons. The Morgan fingerprint density at radius 1 is 1.00 bits per heavy atom. The number of fused-ring (bicyclic) bond motifs is 1. The summed E-state index contributed by atoms with van der Waals surface area (Å²) >= 11 is 0. The van der Waals surface area contributed by atoms with Crippen molar-refractivity contribution in [1.82, 2.24) is 10.2 Å². The average Bonchev–Trinajstić information content (AvgIpc) is 2.74. The van der Waals surface area contributed by atoms with Gasteiger partial charge >= 0.3 is 0 Å². The maximum absolute atomic E-state index is 3.53. The molecule has 2 heterocycles. The van der Waals surface area contributed by atoms with E-state index in [1.807, 2.05) is 0 Å². The van der Waals surface area contributed by atoms with Crippen LogP contribution in [0.5, 0.6) is 0 Å². The molecule has 4 atom stereocenters. The van der Waals surface area contributed by atoms with Crippen LogP contribution in [0.25, 0.3) is 0 Å². The molecule has 3 fully saturated rings. The van der Waals surface area contributed by atoms with Gasteiger partial charge < -0.3 is 5.32 Å². The van der Waals surface area contributed by atoms with Gasteiger partial charge in [-0.15, -0.1) is 0 Å². The topological polar surface area (TPSA) is 15.3 Å². The highest BCUT2D eigenvalue weighted by Gasteiger charge is 2.40. The molecule has 0 spiro atoms. The molecule has 2 aliphatic heterocycles. The molecule has 2 saturated heterocycles. The molecule has 0 bridgehead atoms. The van der Waals surface area contributed by atoms with E-state index in [2.05, 4.69) is 17.1 Å². The number of likely N-dealkylation sites (tertiary alicyclic amines) is 1. The van der Waals surface area contributed by atoms with Crippen LogP contribution in [0.1, 0.15) is 45.4 Å². The van der Waals surface area contributed by atoms with Gasteiger partial charge in [-0.1, -0.05) is 19.8 Å². The van der Waals surface area contributed by atoms with E-state index in [9.17, 15) is 0 Å². The Labute approximate surface area is 99.8 Å². The Morgan fingerprint density at radius 2 is 1.88 bits per heavy atom. The predicted molar refractivity (Wildman–Crippen MR) is 67.5 cm³/mol. The zero-order valence-corrected chi connectivity index (χ0v) is 10.6. The third-order valence-electron chi connectivity index (χ3n) is 5.22. The van der Waals surface area contributed by atoms with Gasteiger partial charge in [0.25, 0.3) is 0 Å². The van der Waals surface area contributed by atoms with Crippen molar-refractivity contribution in [1.29, 1.82) is 0 Å². The molecule has 0 aromatic carbocycles. The van der Waals surface area contributed by atoms with Gasteiger partial charge in [-0.3, -0.25) is 4.90 Å². The number of piperidine rings is 1. The standard InChI is InChI=1S/C14H26N2/c1-11-10-15-8-6-13(11)16-9-7-12-4-2-3-5-14(12)16/h11-15H,2-10H2,1H3. The van der Waals surface area contributed by atoms with E-state index < -0.39 is 0 Å². The molecule has 0 amide bonds. The lowest BCUT2D eigenvalue weighted by molar-refractivity contribution is 0.0806. The third kappa shape index (κ3) is 1.91. The maximum atomic E-state index is 3.53. The van der Waals surface area contributed by atoms with E-state index in [4.69, 9.17) is 0 Å². The van der Waals surface area contributed by atoms with Crippen LogP contribution >= 0.6 is 0 Å². The van der Waals surface area contributed by atoms with Gasteiger partial charge in [-0.05, 0) is 57.2 Å². The van der Waals surface area contributed by atoms with Crippen LogP contribution in [0.15, 0.2) is 0 Å². The van der Waals surface area contributed by atoms with Crippen molar-refractivity contribution in [2.45, 2.75) is 57.5 Å². The maximum Gasteiger partial charge on any atom is 0.0148 e. The Bertz CT molecular complexity index is 241. The van der Waals surface area contributed by atoms with E-state index in [1.54, 1.807) is 0 Å². The first-order valence-corrected chi connectivity index (χ1v) is 7.32. The van der Waals surface area contributed by atoms with Gasteiger partial charge in [-0.25, -0.2) is 0 Å². The largest absolute Gasteiger partial charge is 0.316 e. The summed E-state index contributed by atoms with van der Waals surface area (Å²) in [6.45, 7) is 6.30. The molecular weight excluding hydrogens is 196 g/mol. The Morgan fingerprint density at radius 3 is 2.75 bits per heavy atom. The van der Waals surface area contributed by atoms with Crippen molar-refractivity contribution >= 4 is 0 Å². The molecule has 4 unspecified atom stereocenters. The lowest BCUT2D eigenvalue weighted by atomic mass is 9.84. The van der Waals surface area contributed by atoms with Crippen molar-refractivity contribution in [2.75, 3.05) is 19.6 Å². The zero-order valence-electron chi connectivity index (χ0n) is 10.6. The Balaban J connectivity index is 1.69. The summed E-state index contributed by atoms with van der Waals surface area (Å²) < 4.78 is 0. The minimum atomic E-state index is 0.856. The second-order valence-corrected chi connectivity index (χ2v) is 6.18. The molecule has 0 aromatic heterocycles. The van der Waals surface area contributed by atoms with Gasteiger partial charge in [0.15, 0.2) is 0 Å². The molecule has 92 valence electrons. The highest BCUT2D eigenvalue weighted by molar-refractivity contribution is 4.95. The van der Waals surface area contributed by atoms with E-state index in [1.165, 1.54) is 58.2 Å². The van der Waals surface area contributed by atoms with E-state index in [0.717, 1.165) is 23.9 Å². The first kappa shape index (κ1) is 11.0. The molecule has 3 aliphatic rings. The van der Waals surface area contributed by atoms with Crippen LogP contribution in [0.4, 0.5) is 0 Å². The van der Waals surface area contributed by atoms with E-state index >= 15 is 0 Å². The van der Waals surface area contributed by atoms with Gasteiger partial charge in [-0.2, -0.15) is 0 Å². The Hall–Kier alpha value is -0.0800. The first-order valence-electron chi connectivity index (χ1n) is 7.32. The molecule has 3 rings (SSSR count). The molecule has 0 aromatic rings. The fourth-order valence-electron chi connectivity index (χ4n) is 4.35. The summed E-state index contributed by atoms with van der Waals surface area (Å²) in [4.78, 5) is 2.90. The average molecular weight is 222 g/mol. The smallest absolute Gasteiger partial charge is 0.0148 e. The summed E-state index contributed by atoms with van der Waals surface area (Å²) in [5.74, 6) is 1.91. The van der Waals surface area contributed by atoms with Crippen molar-refractivity contribution in [3.05, 3.63) is 0 Å². The van der Waals surface area contributed by atoms with Crippen LogP contribution in [-0.2, 0) is 0 Å². The number of hydrogen-bond acceptors (Lipinski definition) is 2. The molecule has 16 heavy (non-hydrogen) atoms. The summed E-state index contributed by atoms with van der Waals surface area (Å²) in [5.41, 5.74) is 0. The van der Waals surface area contributed by atoms with Crippen molar-refractivity contribution in [3.63, 3.8) is 0 Å². The summed E-state index contributed by atoms with van der Waals surface area (Å²) in [7, 11) is 0. The van der Waals surface area contributed by atoms with Gasteiger partial charge in [0.05, 0.1) is 0 Å². The summed E-state index contributed by atoms with van der Waals surface area (Å²) in [6.07, 6.45) is 8.85. The predicted octanol–water partition coefficient (Wildman–Crippen LogP) is 2.25. The lowest BCUT2D eigenvalue weighted by Crippen LogP contribution is -2.51. The minimum absolute atomic E-state index is 0.856. The number of nitrogens with one attached hydrogen (secondary N) is 1. The number of rotatable bonds is 1. The second-order valence-electron chi connectivity index (χ2n) is 6.18. The van der Waals surface area contributed by atoms with Crippen LogP contribution in [0, 0.1) is 11.8 Å². The number of nitrogens with zero attached hydrogens (tertiary/aromatic N) is 1. The first-order chi connectivity index (χ1) is 7.86. The third-order valence-corrected chi connectivity index (χ3v) is 5.22. The highest BCUT2D eigenvalue weighted by Crippen LogP contribution is 2.39. The molecule has 2 heteroatoms. The molecular formula is C14H26N2. The lowest BCUT2D eigenvalue weighted by Gasteiger charge is -2.42. The number of hydrogen-bond donors (Lipinski definition) is 1. The van der Waals surface area contributed by atoms with E-state index in [0.29, 0.717) is 0 Å². The summed E-state index contributed by atoms with van der Waals surface area (Å²) in [5, 5.41) is 3.53. The molecule has 1 aliphatic carbocycles. The van der Waals surface area contributed by atoms with Crippen LogP contribution in [-0.4, -0.2) is 36.6 Å². The van der Waals surface area contributed by atoms with E-state index in [-0.39, 0.29) is 0 Å². The zero-order chi connectivity index (χ0) is 11.0. The van der Waals surface area contributed by atoms with Gasteiger partial charge in [0.2, 0.25) is 0 Å². The van der Waals surface area contributed by atoms with Gasteiger partial charge in [0.1, 0.15) is 0 Å². The quantitative estimate of drug-likeness (QED) is 0.732. The second kappa shape index (κ2) is 4.66. The normalized spacial score (nSPS) is 45.6. The molecule has 2 nitrogen and oxygen atoms in total. The van der Waals surface area contributed by atoms with Crippen LogP contribution in [0.3, 0.4) is 0 Å². The van der Waals surface area contributed by atoms with Crippen molar-refractivity contribution < 1.29 is 0 Å². The fraction of sp³-hybridized carbons (Fsp3) is 1.00. The summed E-state index contributed by atoms with van der Waals surface area (Å²) in [6, 6.07) is 1.84. The minimum Gasteiger partial charge on any atom is -0.316 e. The van der Waals surface area contributed by atoms with Gasteiger partial charge in [0, 0.05) is 12.1 Å². The monoisotopic (exact) mass is 222 g/mol.